The summed E-state index contributed by atoms with van der Waals surface area (Å²) in [4.78, 5) is 41.3. The van der Waals surface area contributed by atoms with Crippen molar-refractivity contribution in [1.29, 1.82) is 0 Å². The van der Waals surface area contributed by atoms with Gasteiger partial charge in [0.05, 0.1) is 30.5 Å². The van der Waals surface area contributed by atoms with Gasteiger partial charge >= 0.3 is 5.97 Å². The SMILES string of the molecule is O=C(C[C@H]1CC=CC[C@H](Cc2ccccc2)C(=O)OC[C@@H]2CCCN2C1=O)N[C@H](CO)Cc1ccccc1. The number of aliphatic hydroxyl groups is 1. The molecule has 4 rings (SSSR count). The van der Waals surface area contributed by atoms with Gasteiger partial charge in [0.1, 0.15) is 6.61 Å². The van der Waals surface area contributed by atoms with Crippen molar-refractivity contribution in [3.8, 4) is 0 Å². The van der Waals surface area contributed by atoms with Crippen LogP contribution in [0.2, 0.25) is 0 Å². The van der Waals surface area contributed by atoms with E-state index < -0.39 is 12.0 Å². The van der Waals surface area contributed by atoms with Crippen LogP contribution in [0.5, 0.6) is 0 Å². The molecule has 0 bridgehead atoms. The molecule has 2 aromatic rings. The number of carbonyl (C=O) groups is 3. The minimum absolute atomic E-state index is 0.0465. The van der Waals surface area contributed by atoms with Gasteiger partial charge in [-0.25, -0.2) is 0 Å². The molecule has 7 nitrogen and oxygen atoms in total. The summed E-state index contributed by atoms with van der Waals surface area (Å²) >= 11 is 0. The van der Waals surface area contributed by atoms with E-state index in [0.717, 1.165) is 24.0 Å². The van der Waals surface area contributed by atoms with E-state index in [0.29, 0.717) is 32.2 Å². The Morgan fingerprint density at radius 2 is 1.63 bits per heavy atom. The van der Waals surface area contributed by atoms with Gasteiger partial charge in [-0.1, -0.05) is 72.8 Å². The van der Waals surface area contributed by atoms with Crippen molar-refractivity contribution in [1.82, 2.24) is 10.2 Å². The molecule has 4 atom stereocenters. The molecule has 0 unspecified atom stereocenters. The highest BCUT2D eigenvalue weighted by Gasteiger charge is 2.35. The quantitative estimate of drug-likeness (QED) is 0.412. The Bertz CT molecular complexity index is 1090. The molecule has 0 spiro atoms. The molecule has 1 fully saturated rings. The van der Waals surface area contributed by atoms with Crippen LogP contribution in [0, 0.1) is 11.8 Å². The zero-order chi connectivity index (χ0) is 26.7. The summed E-state index contributed by atoms with van der Waals surface area (Å²) in [5, 5.41) is 12.8. The van der Waals surface area contributed by atoms with Crippen LogP contribution in [0.15, 0.2) is 72.8 Å². The first-order valence-corrected chi connectivity index (χ1v) is 13.6. The second-order valence-corrected chi connectivity index (χ2v) is 10.3. The summed E-state index contributed by atoms with van der Waals surface area (Å²) in [7, 11) is 0. The summed E-state index contributed by atoms with van der Waals surface area (Å²) in [5.74, 6) is -1.37. The van der Waals surface area contributed by atoms with Crippen molar-refractivity contribution in [3.63, 3.8) is 0 Å². The Balaban J connectivity index is 1.44. The van der Waals surface area contributed by atoms with Crippen LogP contribution in [-0.4, -0.2) is 59.6 Å². The number of benzene rings is 2. The molecule has 0 aliphatic carbocycles. The average Bonchev–Trinajstić information content (AvgIpc) is 3.41. The van der Waals surface area contributed by atoms with Gasteiger partial charge in [0.2, 0.25) is 11.8 Å². The van der Waals surface area contributed by atoms with Crippen molar-refractivity contribution in [2.45, 2.75) is 57.0 Å². The number of fused-ring (bicyclic) bond motifs is 1. The highest BCUT2D eigenvalue weighted by Crippen LogP contribution is 2.25. The molecular weight excluding hydrogens is 480 g/mol. The van der Waals surface area contributed by atoms with Crippen molar-refractivity contribution >= 4 is 17.8 Å². The fourth-order valence-corrected chi connectivity index (χ4v) is 5.35. The average molecular weight is 519 g/mol. The lowest BCUT2D eigenvalue weighted by molar-refractivity contribution is -0.152. The molecule has 0 saturated carbocycles. The van der Waals surface area contributed by atoms with E-state index in [9.17, 15) is 19.5 Å². The smallest absolute Gasteiger partial charge is 0.309 e. The number of rotatable bonds is 8. The molecule has 1 saturated heterocycles. The van der Waals surface area contributed by atoms with Gasteiger partial charge in [-0.2, -0.15) is 0 Å². The van der Waals surface area contributed by atoms with Crippen LogP contribution >= 0.6 is 0 Å². The zero-order valence-corrected chi connectivity index (χ0v) is 21.8. The van der Waals surface area contributed by atoms with E-state index in [-0.39, 0.29) is 49.4 Å². The predicted octanol–water partition coefficient (Wildman–Crippen LogP) is 3.46. The molecule has 0 radical (unpaired) electrons. The summed E-state index contributed by atoms with van der Waals surface area (Å²) < 4.78 is 5.73. The summed E-state index contributed by atoms with van der Waals surface area (Å²) in [6.07, 6.45) is 7.57. The normalized spacial score (nSPS) is 23.1. The summed E-state index contributed by atoms with van der Waals surface area (Å²) in [6.45, 7) is 0.604. The number of esters is 1. The second kappa shape index (κ2) is 13.9. The third-order valence-electron chi connectivity index (χ3n) is 7.44. The molecule has 0 aromatic heterocycles. The number of aliphatic hydroxyl groups excluding tert-OH is 1. The van der Waals surface area contributed by atoms with E-state index in [4.69, 9.17) is 4.74 Å². The zero-order valence-electron chi connectivity index (χ0n) is 21.8. The Morgan fingerprint density at radius 3 is 2.32 bits per heavy atom. The van der Waals surface area contributed by atoms with Crippen molar-refractivity contribution in [2.75, 3.05) is 19.8 Å². The van der Waals surface area contributed by atoms with E-state index >= 15 is 0 Å². The lowest BCUT2D eigenvalue weighted by atomic mass is 9.94. The largest absolute Gasteiger partial charge is 0.463 e. The number of cyclic esters (lactones) is 1. The third kappa shape index (κ3) is 7.78. The van der Waals surface area contributed by atoms with E-state index in [1.807, 2.05) is 72.8 Å². The summed E-state index contributed by atoms with van der Waals surface area (Å²) in [6, 6.07) is 19.0. The van der Waals surface area contributed by atoms with Crippen LogP contribution in [-0.2, 0) is 32.0 Å². The van der Waals surface area contributed by atoms with Crippen LogP contribution in [0.1, 0.15) is 43.2 Å². The molecule has 2 amide bonds. The van der Waals surface area contributed by atoms with E-state index in [1.165, 1.54) is 0 Å². The first-order valence-electron chi connectivity index (χ1n) is 13.6. The van der Waals surface area contributed by atoms with E-state index in [1.54, 1.807) is 4.90 Å². The van der Waals surface area contributed by atoms with Gasteiger partial charge in [-0.05, 0) is 49.7 Å². The Labute approximate surface area is 224 Å². The monoisotopic (exact) mass is 518 g/mol. The van der Waals surface area contributed by atoms with Gasteiger partial charge in [0, 0.05) is 13.0 Å². The number of nitrogens with one attached hydrogen (secondary N) is 1. The number of hydrogen-bond acceptors (Lipinski definition) is 5. The Morgan fingerprint density at radius 1 is 0.974 bits per heavy atom. The fourth-order valence-electron chi connectivity index (χ4n) is 5.35. The summed E-state index contributed by atoms with van der Waals surface area (Å²) in [5.41, 5.74) is 2.10. The topological polar surface area (TPSA) is 95.9 Å². The maximum atomic E-state index is 13.5. The van der Waals surface area contributed by atoms with Crippen LogP contribution in [0.4, 0.5) is 0 Å². The number of amides is 2. The lowest BCUT2D eigenvalue weighted by Gasteiger charge is -2.29. The fraction of sp³-hybridized carbons (Fsp3) is 0.452. The lowest BCUT2D eigenvalue weighted by Crippen LogP contribution is -2.45. The minimum Gasteiger partial charge on any atom is -0.463 e. The van der Waals surface area contributed by atoms with Crippen molar-refractivity contribution in [3.05, 3.63) is 83.9 Å². The molecule has 2 heterocycles. The first-order chi connectivity index (χ1) is 18.5. The molecule has 7 heteroatoms. The van der Waals surface area contributed by atoms with Crippen LogP contribution < -0.4 is 5.32 Å². The van der Waals surface area contributed by atoms with Gasteiger partial charge in [0.15, 0.2) is 0 Å². The molecular formula is C31H38N2O5. The highest BCUT2D eigenvalue weighted by atomic mass is 16.5. The molecule has 2 N–H and O–H groups in total. The maximum Gasteiger partial charge on any atom is 0.309 e. The molecule has 2 aliphatic rings. The number of allylic oxidation sites excluding steroid dienone is 2. The number of hydrogen-bond donors (Lipinski definition) is 2. The predicted molar refractivity (Wildman–Crippen MR) is 145 cm³/mol. The second-order valence-electron chi connectivity index (χ2n) is 10.3. The van der Waals surface area contributed by atoms with Crippen molar-refractivity contribution in [2.24, 2.45) is 11.8 Å². The van der Waals surface area contributed by atoms with Gasteiger partial charge in [-0.15, -0.1) is 0 Å². The molecule has 2 aromatic carbocycles. The third-order valence-corrected chi connectivity index (χ3v) is 7.44. The van der Waals surface area contributed by atoms with Gasteiger partial charge in [-0.3, -0.25) is 14.4 Å². The number of carbonyl (C=O) groups excluding carboxylic acids is 3. The van der Waals surface area contributed by atoms with Crippen molar-refractivity contribution < 1.29 is 24.2 Å². The van der Waals surface area contributed by atoms with Gasteiger partial charge < -0.3 is 20.1 Å². The minimum atomic E-state index is -0.509. The molecule has 38 heavy (non-hydrogen) atoms. The van der Waals surface area contributed by atoms with Crippen LogP contribution in [0.25, 0.3) is 0 Å². The first kappa shape index (κ1) is 27.6. The van der Waals surface area contributed by atoms with Crippen LogP contribution in [0.3, 0.4) is 0 Å². The number of ether oxygens (including phenoxy) is 1. The Hall–Kier alpha value is -3.45. The Kier molecular flexibility index (Phi) is 10.1. The molecule has 202 valence electrons. The standard InChI is InChI=1S/C31H38N2O5/c34-21-27(19-24-12-5-2-6-13-24)32-29(35)20-25-14-7-8-15-26(18-23-10-3-1-4-11-23)31(37)38-22-28-16-9-17-33(28)30(25)36/h1-8,10-13,25-28,34H,9,14-22H2,(H,32,35)/t25-,26-,27+,28+/m1/s1. The maximum absolute atomic E-state index is 13.5. The number of nitrogens with zero attached hydrogens (tertiary/aromatic N) is 1. The van der Waals surface area contributed by atoms with Gasteiger partial charge in [0.25, 0.3) is 0 Å². The highest BCUT2D eigenvalue weighted by molar-refractivity contribution is 5.86. The molecule has 2 aliphatic heterocycles. The van der Waals surface area contributed by atoms with E-state index in [2.05, 4.69) is 5.32 Å².